The van der Waals surface area contributed by atoms with E-state index in [0.717, 1.165) is 34.1 Å². The molecular weight excluding hydrogens is 1020 g/mol. The fourth-order valence-electron chi connectivity index (χ4n) is 15.7. The lowest BCUT2D eigenvalue weighted by molar-refractivity contribution is 0.633. The molecule has 0 fully saturated rings. The van der Waals surface area contributed by atoms with Gasteiger partial charge in [-0.25, -0.2) is 0 Å². The van der Waals surface area contributed by atoms with Gasteiger partial charge in [0.05, 0.1) is 10.8 Å². The highest BCUT2D eigenvalue weighted by molar-refractivity contribution is 5.95. The SMILES string of the molecule is CC1(C)c2ccccc2-c2ccc(N(c3ccc(-c4ccccc4)cc3)c3ccc(N(c4ccccc4)c4ccc(-c5ccc6c(c5)C5(c7ccccc7-6)c6ccccc6C6(c7ccccc7-c7ccccc76)c6ccccc65)cc4)cc3)cc21. The second-order valence-corrected chi connectivity index (χ2v) is 23.9. The van der Waals surface area contributed by atoms with E-state index in [-0.39, 0.29) is 5.41 Å². The Morgan fingerprint density at radius 1 is 0.188 bits per heavy atom. The van der Waals surface area contributed by atoms with Crippen LogP contribution in [0.2, 0.25) is 0 Å². The van der Waals surface area contributed by atoms with Crippen LogP contribution in [0.4, 0.5) is 34.1 Å². The van der Waals surface area contributed by atoms with Gasteiger partial charge in [-0.15, -0.1) is 0 Å². The van der Waals surface area contributed by atoms with Crippen molar-refractivity contribution in [1.82, 2.24) is 0 Å². The van der Waals surface area contributed by atoms with Crippen molar-refractivity contribution in [2.24, 2.45) is 0 Å². The number of hydrogen-bond donors (Lipinski definition) is 0. The second kappa shape index (κ2) is 18.7. The Labute approximate surface area is 497 Å². The molecule has 0 radical (unpaired) electrons. The van der Waals surface area contributed by atoms with E-state index in [0.29, 0.717) is 0 Å². The lowest BCUT2D eigenvalue weighted by atomic mass is 9.52. The van der Waals surface area contributed by atoms with Crippen LogP contribution in [0.3, 0.4) is 0 Å². The Bertz CT molecular complexity index is 4690. The Morgan fingerprint density at radius 2 is 0.471 bits per heavy atom. The summed E-state index contributed by atoms with van der Waals surface area (Å²) >= 11 is 0. The molecule has 13 aromatic carbocycles. The zero-order chi connectivity index (χ0) is 56.4. The number of fused-ring (bicyclic) bond motifs is 19. The predicted octanol–water partition coefficient (Wildman–Crippen LogP) is 21.3. The van der Waals surface area contributed by atoms with Crippen molar-refractivity contribution in [2.45, 2.75) is 30.1 Å². The number of para-hydroxylation sites is 1. The first-order chi connectivity index (χ1) is 41.9. The van der Waals surface area contributed by atoms with Crippen LogP contribution < -0.4 is 9.80 Å². The van der Waals surface area contributed by atoms with Gasteiger partial charge >= 0.3 is 0 Å². The van der Waals surface area contributed by atoms with Crippen LogP contribution in [-0.4, -0.2) is 0 Å². The van der Waals surface area contributed by atoms with Crippen molar-refractivity contribution in [2.75, 3.05) is 9.80 Å². The van der Waals surface area contributed by atoms with E-state index in [1.807, 2.05) is 0 Å². The molecule has 0 bridgehead atoms. The van der Waals surface area contributed by atoms with Gasteiger partial charge in [-0.05, 0) is 190 Å². The van der Waals surface area contributed by atoms with E-state index in [9.17, 15) is 0 Å². The number of nitrogens with zero attached hydrogens (tertiary/aromatic N) is 2. The molecule has 2 spiro atoms. The van der Waals surface area contributed by atoms with Crippen LogP contribution in [0.15, 0.2) is 315 Å². The van der Waals surface area contributed by atoms with E-state index >= 15 is 0 Å². The van der Waals surface area contributed by atoms with Crippen molar-refractivity contribution < 1.29 is 0 Å². The van der Waals surface area contributed by atoms with Crippen LogP contribution >= 0.6 is 0 Å². The molecule has 4 aliphatic carbocycles. The van der Waals surface area contributed by atoms with E-state index in [2.05, 4.69) is 339 Å². The summed E-state index contributed by atoms with van der Waals surface area (Å²) in [5.74, 6) is 0. The molecule has 0 N–H and O–H groups in total. The molecule has 85 heavy (non-hydrogen) atoms. The zero-order valence-corrected chi connectivity index (χ0v) is 47.4. The van der Waals surface area contributed by atoms with Crippen molar-refractivity contribution in [3.05, 3.63) is 371 Å². The maximum Gasteiger partial charge on any atom is 0.0720 e. The molecule has 0 saturated carbocycles. The third kappa shape index (κ3) is 7.00. The summed E-state index contributed by atoms with van der Waals surface area (Å²) in [6, 6.07) is 118. The topological polar surface area (TPSA) is 6.48 Å². The van der Waals surface area contributed by atoms with Crippen molar-refractivity contribution in [3.63, 3.8) is 0 Å². The third-order valence-electron chi connectivity index (χ3n) is 19.4. The third-order valence-corrected chi connectivity index (χ3v) is 19.4. The minimum absolute atomic E-state index is 0.135. The molecule has 2 nitrogen and oxygen atoms in total. The average Bonchev–Trinajstić information content (AvgIpc) is 1.59. The van der Waals surface area contributed by atoms with Crippen molar-refractivity contribution in [3.8, 4) is 55.6 Å². The molecule has 0 heterocycles. The molecule has 2 heteroatoms. The van der Waals surface area contributed by atoms with Gasteiger partial charge in [0.25, 0.3) is 0 Å². The first kappa shape index (κ1) is 49.1. The Balaban J connectivity index is 0.765. The smallest absolute Gasteiger partial charge is 0.0720 e. The van der Waals surface area contributed by atoms with Gasteiger partial charge in [0, 0.05) is 39.5 Å². The number of anilines is 6. The van der Waals surface area contributed by atoms with E-state index in [1.165, 1.54) is 111 Å². The van der Waals surface area contributed by atoms with E-state index in [1.54, 1.807) is 0 Å². The van der Waals surface area contributed by atoms with Crippen LogP contribution in [0.5, 0.6) is 0 Å². The molecule has 0 unspecified atom stereocenters. The first-order valence-corrected chi connectivity index (χ1v) is 29.8. The molecule has 0 atom stereocenters. The van der Waals surface area contributed by atoms with E-state index < -0.39 is 10.8 Å². The molecule has 4 aliphatic rings. The Morgan fingerprint density at radius 3 is 0.953 bits per heavy atom. The normalized spacial score (nSPS) is 14.3. The highest BCUT2D eigenvalue weighted by Gasteiger charge is 2.59. The maximum atomic E-state index is 2.52. The largest absolute Gasteiger partial charge is 0.311 e. The minimum atomic E-state index is -0.562. The predicted molar refractivity (Wildman–Crippen MR) is 352 cm³/mol. The average molecular weight is 1080 g/mol. The summed E-state index contributed by atoms with van der Waals surface area (Å²) in [5, 5.41) is 0. The summed E-state index contributed by atoms with van der Waals surface area (Å²) < 4.78 is 0. The summed E-state index contributed by atoms with van der Waals surface area (Å²) in [5.41, 5.74) is 31.4. The van der Waals surface area contributed by atoms with Gasteiger partial charge in [-0.2, -0.15) is 0 Å². The second-order valence-electron chi connectivity index (χ2n) is 23.9. The van der Waals surface area contributed by atoms with Crippen LogP contribution in [0.1, 0.15) is 69.5 Å². The standard InChI is InChI=1S/C83H58N2/c1-81(2)71-29-13-9-25-65(71)69-52-50-64(54-79(69)81)85(61-42-37-56(38-43-61)55-21-5-3-6-22-55)63-48-46-62(47-49-63)84(59-23-7-4-8-24-59)60-44-39-57(40-45-60)58-41-51-70-68-28-12-16-32-74(68)83(80(70)53-58)77-35-19-17-33-75(77)82(76-34-18-20-36-78(76)83)72-30-14-10-26-66(72)67-27-11-15-31-73(67)82/h3-54H,1-2H3. The fraction of sp³-hybridized carbons (Fsp3) is 0.0602. The highest BCUT2D eigenvalue weighted by Crippen LogP contribution is 2.67. The van der Waals surface area contributed by atoms with Gasteiger partial charge < -0.3 is 9.80 Å². The molecule has 13 aromatic rings. The van der Waals surface area contributed by atoms with E-state index in [4.69, 9.17) is 0 Å². The van der Waals surface area contributed by atoms with Crippen LogP contribution in [0, 0.1) is 0 Å². The Hall–Kier alpha value is -10.5. The van der Waals surface area contributed by atoms with Crippen molar-refractivity contribution in [1.29, 1.82) is 0 Å². The van der Waals surface area contributed by atoms with Gasteiger partial charge in [-0.1, -0.05) is 250 Å². The summed E-state index contributed by atoms with van der Waals surface area (Å²) in [6.07, 6.45) is 0. The minimum Gasteiger partial charge on any atom is -0.311 e. The highest BCUT2D eigenvalue weighted by atomic mass is 15.2. The number of benzene rings is 13. The molecule has 0 amide bonds. The zero-order valence-electron chi connectivity index (χ0n) is 47.4. The fourth-order valence-corrected chi connectivity index (χ4v) is 15.7. The quantitative estimate of drug-likeness (QED) is 0.150. The monoisotopic (exact) mass is 1080 g/mol. The number of hydrogen-bond acceptors (Lipinski definition) is 2. The molecule has 17 rings (SSSR count). The molecule has 400 valence electrons. The summed E-state index contributed by atoms with van der Waals surface area (Å²) in [4.78, 5) is 4.79. The Kier molecular flexibility index (Phi) is 10.8. The lowest BCUT2D eigenvalue weighted by Crippen LogP contribution is -2.43. The van der Waals surface area contributed by atoms with Crippen molar-refractivity contribution >= 4 is 34.1 Å². The molecular formula is C83H58N2. The maximum absolute atomic E-state index is 2.52. The van der Waals surface area contributed by atoms with Gasteiger partial charge in [0.2, 0.25) is 0 Å². The molecule has 0 saturated heterocycles. The molecule has 0 aliphatic heterocycles. The van der Waals surface area contributed by atoms with Crippen LogP contribution in [-0.2, 0) is 16.2 Å². The summed E-state index contributed by atoms with van der Waals surface area (Å²) in [7, 11) is 0. The van der Waals surface area contributed by atoms with Gasteiger partial charge in [-0.3, -0.25) is 0 Å². The molecule has 0 aromatic heterocycles. The van der Waals surface area contributed by atoms with Crippen LogP contribution in [0.25, 0.3) is 55.6 Å². The van der Waals surface area contributed by atoms with Gasteiger partial charge in [0.1, 0.15) is 0 Å². The number of rotatable bonds is 8. The lowest BCUT2D eigenvalue weighted by Gasteiger charge is -2.48. The first-order valence-electron chi connectivity index (χ1n) is 29.8. The van der Waals surface area contributed by atoms with Gasteiger partial charge in [0.15, 0.2) is 0 Å². The summed E-state index contributed by atoms with van der Waals surface area (Å²) in [6.45, 7) is 4.72.